The molecule has 1 aliphatic heterocycles. The average Bonchev–Trinajstić information content (AvgIpc) is 3.42. The third-order valence-electron chi connectivity index (χ3n) is 6.92. The smallest absolute Gasteiger partial charge is 0.247 e. The first-order valence-corrected chi connectivity index (χ1v) is 9.88. The second-order valence-electron chi connectivity index (χ2n) is 8.33. The summed E-state index contributed by atoms with van der Waals surface area (Å²) in [5, 5.41) is 3.34. The molecule has 1 heterocycles. The van der Waals surface area contributed by atoms with Crippen LogP contribution >= 0.6 is 11.6 Å². The standard InChI is InChI=1S/C21H21ClN2O3/c1-9-3-4-11(22)7-16(9)23-19(25)10(2)24-20(26)17-12-5-6-13(15-8-14(12)15)18(17)21(24)27/h3-7,10,12-15,17-18H,8H2,1-2H3,(H,23,25)/t10-,12-,13-,14-,15-,17-,18+/m1/s1. The molecule has 0 unspecified atom stereocenters. The van der Waals surface area contributed by atoms with Gasteiger partial charge in [0.05, 0.1) is 11.8 Å². The van der Waals surface area contributed by atoms with Gasteiger partial charge in [-0.15, -0.1) is 0 Å². The fourth-order valence-electron chi connectivity index (χ4n) is 5.45. The molecule has 5 nitrogen and oxygen atoms in total. The zero-order valence-corrected chi connectivity index (χ0v) is 15.9. The monoisotopic (exact) mass is 384 g/mol. The fraction of sp³-hybridized carbons (Fsp3) is 0.476. The molecule has 0 radical (unpaired) electrons. The van der Waals surface area contributed by atoms with Crippen LogP contribution in [0.5, 0.6) is 0 Å². The zero-order valence-electron chi connectivity index (χ0n) is 15.2. The van der Waals surface area contributed by atoms with E-state index in [9.17, 15) is 14.4 Å². The SMILES string of the molecule is Cc1ccc(Cl)cc1NC(=O)[C@@H](C)N1C(=O)[C@@H]2[C@@H]3C=C[C@H]([C@H]4C[C@H]34)[C@@H]2C1=O. The Bertz CT molecular complexity index is 875. The molecular formula is C21H21ClN2O3. The van der Waals surface area contributed by atoms with Gasteiger partial charge in [-0.1, -0.05) is 29.8 Å². The summed E-state index contributed by atoms with van der Waals surface area (Å²) < 4.78 is 0. The van der Waals surface area contributed by atoms with E-state index in [0.29, 0.717) is 22.5 Å². The lowest BCUT2D eigenvalue weighted by molar-refractivity contribution is -0.146. The highest BCUT2D eigenvalue weighted by molar-refractivity contribution is 6.31. The molecule has 1 N–H and O–H groups in total. The van der Waals surface area contributed by atoms with Crippen molar-refractivity contribution in [3.8, 4) is 0 Å². The van der Waals surface area contributed by atoms with Crippen LogP contribution in [0.3, 0.4) is 0 Å². The number of nitrogens with one attached hydrogen (secondary N) is 1. The summed E-state index contributed by atoms with van der Waals surface area (Å²) in [6.07, 6.45) is 5.39. The number of halogens is 1. The van der Waals surface area contributed by atoms with Crippen molar-refractivity contribution in [2.75, 3.05) is 5.32 Å². The van der Waals surface area contributed by atoms with Gasteiger partial charge in [-0.05, 0) is 61.6 Å². The summed E-state index contributed by atoms with van der Waals surface area (Å²) in [4.78, 5) is 40.2. The molecular weight excluding hydrogens is 364 g/mol. The second-order valence-corrected chi connectivity index (χ2v) is 8.76. The second kappa shape index (κ2) is 5.68. The van der Waals surface area contributed by atoms with Crippen molar-refractivity contribution in [1.82, 2.24) is 4.90 Å². The highest BCUT2D eigenvalue weighted by Gasteiger charge is 2.67. The van der Waals surface area contributed by atoms with Gasteiger partial charge < -0.3 is 5.32 Å². The Morgan fingerprint density at radius 1 is 1.15 bits per heavy atom. The van der Waals surface area contributed by atoms with Crippen molar-refractivity contribution in [3.63, 3.8) is 0 Å². The number of rotatable bonds is 3. The van der Waals surface area contributed by atoms with Crippen molar-refractivity contribution >= 4 is 35.0 Å². The van der Waals surface area contributed by atoms with Crippen LogP contribution in [-0.2, 0) is 14.4 Å². The van der Waals surface area contributed by atoms with E-state index < -0.39 is 6.04 Å². The molecule has 1 aromatic carbocycles. The number of carbonyl (C=O) groups is 3. The van der Waals surface area contributed by atoms with Crippen molar-refractivity contribution in [3.05, 3.63) is 40.9 Å². The molecule has 7 atom stereocenters. The van der Waals surface area contributed by atoms with Crippen LogP contribution in [0.2, 0.25) is 5.02 Å². The number of nitrogens with zero attached hydrogens (tertiary/aromatic N) is 1. The van der Waals surface area contributed by atoms with E-state index in [4.69, 9.17) is 11.6 Å². The predicted molar refractivity (Wildman–Crippen MR) is 101 cm³/mol. The number of allylic oxidation sites excluding steroid dienone is 2. The van der Waals surface area contributed by atoms with Gasteiger partial charge in [0.2, 0.25) is 17.7 Å². The molecule has 6 heteroatoms. The van der Waals surface area contributed by atoms with Crippen molar-refractivity contribution in [1.29, 1.82) is 0 Å². The topological polar surface area (TPSA) is 66.5 Å². The number of carbonyl (C=O) groups excluding carboxylic acids is 3. The van der Waals surface area contributed by atoms with E-state index in [0.717, 1.165) is 12.0 Å². The van der Waals surface area contributed by atoms with Gasteiger partial charge in [0, 0.05) is 10.7 Å². The number of likely N-dealkylation sites (tertiary alicyclic amines) is 1. The van der Waals surface area contributed by atoms with Crippen LogP contribution in [0, 0.1) is 42.4 Å². The summed E-state index contributed by atoms with van der Waals surface area (Å²) >= 11 is 6.02. The van der Waals surface area contributed by atoms with Crippen LogP contribution in [0.15, 0.2) is 30.4 Å². The van der Waals surface area contributed by atoms with E-state index >= 15 is 0 Å². The van der Waals surface area contributed by atoms with Crippen LogP contribution in [0.4, 0.5) is 5.69 Å². The molecule has 140 valence electrons. The quantitative estimate of drug-likeness (QED) is 0.643. The van der Waals surface area contributed by atoms with E-state index in [1.54, 1.807) is 19.1 Å². The van der Waals surface area contributed by atoms with Crippen LogP contribution in [0.25, 0.3) is 0 Å². The maximum atomic E-state index is 13.1. The van der Waals surface area contributed by atoms with E-state index in [-0.39, 0.29) is 41.4 Å². The van der Waals surface area contributed by atoms with Crippen molar-refractivity contribution < 1.29 is 14.4 Å². The van der Waals surface area contributed by atoms with Crippen LogP contribution in [-0.4, -0.2) is 28.7 Å². The fourth-order valence-corrected chi connectivity index (χ4v) is 5.62. The van der Waals surface area contributed by atoms with Gasteiger partial charge in [0.25, 0.3) is 0 Å². The lowest BCUT2D eigenvalue weighted by atomic mass is 9.63. The minimum atomic E-state index is -0.843. The lowest BCUT2D eigenvalue weighted by Crippen LogP contribution is -2.46. The Labute approximate surface area is 162 Å². The predicted octanol–water partition coefficient (Wildman–Crippen LogP) is 3.03. The molecule has 1 aromatic rings. The van der Waals surface area contributed by atoms with Crippen LogP contribution in [0.1, 0.15) is 18.9 Å². The maximum absolute atomic E-state index is 13.1. The Morgan fingerprint density at radius 2 is 1.74 bits per heavy atom. The average molecular weight is 385 g/mol. The highest BCUT2D eigenvalue weighted by atomic mass is 35.5. The number of aryl methyl sites for hydroxylation is 1. The molecule has 1 saturated heterocycles. The van der Waals surface area contributed by atoms with Gasteiger partial charge in [0.1, 0.15) is 6.04 Å². The summed E-state index contributed by atoms with van der Waals surface area (Å²) in [5.74, 6) is 0.145. The third kappa shape index (κ3) is 2.34. The molecule has 0 aromatic heterocycles. The van der Waals surface area contributed by atoms with E-state index in [1.807, 2.05) is 13.0 Å². The van der Waals surface area contributed by atoms with Gasteiger partial charge in [0.15, 0.2) is 0 Å². The lowest BCUT2D eigenvalue weighted by Gasteiger charge is -2.37. The number of benzene rings is 1. The molecule has 0 spiro atoms. The zero-order chi connectivity index (χ0) is 19.0. The Hall–Kier alpha value is -2.14. The molecule has 6 rings (SSSR count). The van der Waals surface area contributed by atoms with E-state index in [1.165, 1.54) is 4.90 Å². The number of imide groups is 1. The number of hydrogen-bond donors (Lipinski definition) is 1. The van der Waals surface area contributed by atoms with Gasteiger partial charge in [-0.25, -0.2) is 0 Å². The summed E-state index contributed by atoms with van der Waals surface area (Å²) in [6.45, 7) is 3.49. The molecule has 2 saturated carbocycles. The first kappa shape index (κ1) is 17.0. The Kier molecular flexibility index (Phi) is 3.57. The largest absolute Gasteiger partial charge is 0.324 e. The van der Waals surface area contributed by atoms with Gasteiger partial charge >= 0.3 is 0 Å². The summed E-state index contributed by atoms with van der Waals surface area (Å²) in [5.41, 5.74) is 1.47. The molecule has 3 amide bonds. The normalized spacial score (nSPS) is 36.5. The van der Waals surface area contributed by atoms with Gasteiger partial charge in [-0.3, -0.25) is 19.3 Å². The number of amides is 3. The maximum Gasteiger partial charge on any atom is 0.247 e. The highest BCUT2D eigenvalue weighted by Crippen LogP contribution is 2.65. The van der Waals surface area contributed by atoms with Gasteiger partial charge in [-0.2, -0.15) is 0 Å². The Morgan fingerprint density at radius 3 is 2.33 bits per heavy atom. The number of anilines is 1. The summed E-state index contributed by atoms with van der Waals surface area (Å²) in [6, 6.07) is 4.40. The summed E-state index contributed by atoms with van der Waals surface area (Å²) in [7, 11) is 0. The Balaban J connectivity index is 1.39. The molecule has 4 aliphatic carbocycles. The van der Waals surface area contributed by atoms with Crippen molar-refractivity contribution in [2.24, 2.45) is 35.5 Å². The first-order valence-electron chi connectivity index (χ1n) is 9.50. The number of hydrogen-bond acceptors (Lipinski definition) is 3. The van der Waals surface area contributed by atoms with Crippen LogP contribution < -0.4 is 5.32 Å². The first-order chi connectivity index (χ1) is 12.9. The molecule has 2 bridgehead atoms. The molecule has 5 aliphatic rings. The molecule has 27 heavy (non-hydrogen) atoms. The molecule has 3 fully saturated rings. The van der Waals surface area contributed by atoms with Crippen molar-refractivity contribution in [2.45, 2.75) is 26.3 Å². The third-order valence-corrected chi connectivity index (χ3v) is 7.16. The van der Waals surface area contributed by atoms with E-state index in [2.05, 4.69) is 17.5 Å². The minimum absolute atomic E-state index is 0.164. The minimum Gasteiger partial charge on any atom is -0.324 e.